The normalized spacial score (nSPS) is 14.4. The molecule has 2 aromatic heterocycles. The molecular weight excluding hydrogens is 417 g/mol. The van der Waals surface area contributed by atoms with Crippen LogP contribution in [0.2, 0.25) is 0 Å². The average molecular weight is 446 g/mol. The minimum Gasteiger partial charge on any atom is -0.491 e. The first-order valence-corrected chi connectivity index (χ1v) is 11.8. The molecule has 0 saturated carbocycles. The zero-order valence-electron chi connectivity index (χ0n) is 18.2. The van der Waals surface area contributed by atoms with Crippen molar-refractivity contribution >= 4 is 28.7 Å². The Kier molecular flexibility index (Phi) is 6.92. The number of imidazole rings is 1. The number of benzene rings is 1. The summed E-state index contributed by atoms with van der Waals surface area (Å²) in [6.07, 6.45) is 0.834. The lowest BCUT2D eigenvalue weighted by molar-refractivity contribution is 0.122. The smallest absolute Gasteiger partial charge is 0.191 e. The Morgan fingerprint density at radius 3 is 2.61 bits per heavy atom. The van der Waals surface area contributed by atoms with Gasteiger partial charge in [0.25, 0.3) is 0 Å². The van der Waals surface area contributed by atoms with Crippen LogP contribution in [0, 0.1) is 5.82 Å². The molecule has 0 radical (unpaired) electrons. The number of ether oxygens (including phenoxy) is 2. The number of thioether (sulfide) groups is 1. The van der Waals surface area contributed by atoms with Crippen LogP contribution in [0.4, 0.5) is 10.2 Å². The minimum atomic E-state index is -0.345. The van der Waals surface area contributed by atoms with Crippen LogP contribution in [0.1, 0.15) is 32.2 Å². The quantitative estimate of drug-likeness (QED) is 0.382. The summed E-state index contributed by atoms with van der Waals surface area (Å²) in [6.45, 7) is 10.2. The first kappa shape index (κ1) is 21.8. The van der Waals surface area contributed by atoms with Crippen LogP contribution in [0.5, 0.6) is 5.75 Å². The summed E-state index contributed by atoms with van der Waals surface area (Å²) < 4.78 is 27.2. The number of halogens is 1. The van der Waals surface area contributed by atoms with Crippen LogP contribution in [0.3, 0.4) is 0 Å². The minimum absolute atomic E-state index is 0.280. The van der Waals surface area contributed by atoms with E-state index in [1.165, 1.54) is 17.8 Å². The molecule has 0 unspecified atom stereocenters. The molecule has 3 aromatic rings. The third kappa shape index (κ3) is 4.62. The Bertz CT molecular complexity index is 1050. The molecule has 0 bridgehead atoms. The van der Waals surface area contributed by atoms with Gasteiger partial charge in [-0.15, -0.1) is 0 Å². The Hall–Kier alpha value is -2.39. The molecule has 31 heavy (non-hydrogen) atoms. The highest BCUT2D eigenvalue weighted by atomic mass is 32.2. The van der Waals surface area contributed by atoms with E-state index in [-0.39, 0.29) is 11.6 Å². The summed E-state index contributed by atoms with van der Waals surface area (Å²) in [5, 5.41) is 0.667. The number of aryl methyl sites for hydroxylation is 2. The summed E-state index contributed by atoms with van der Waals surface area (Å²) in [6, 6.07) is 5.08. The molecule has 9 heteroatoms. The van der Waals surface area contributed by atoms with Gasteiger partial charge in [-0.05, 0) is 31.5 Å². The van der Waals surface area contributed by atoms with E-state index in [0.717, 1.165) is 54.4 Å². The molecule has 0 spiro atoms. The number of anilines is 1. The van der Waals surface area contributed by atoms with E-state index in [4.69, 9.17) is 24.4 Å². The number of rotatable bonds is 8. The van der Waals surface area contributed by atoms with E-state index in [2.05, 4.69) is 23.3 Å². The maximum absolute atomic E-state index is 14.2. The average Bonchev–Trinajstić information content (AvgIpc) is 3.17. The van der Waals surface area contributed by atoms with Crippen molar-refractivity contribution in [2.24, 2.45) is 0 Å². The SMILES string of the molecule is CCOc1ccc(CSc2nc(N3CCOCC3)c3nc(CC)n(CC)c3n2)cc1F. The van der Waals surface area contributed by atoms with Crippen molar-refractivity contribution in [1.82, 2.24) is 19.5 Å². The van der Waals surface area contributed by atoms with E-state index in [0.29, 0.717) is 30.7 Å². The molecule has 3 heterocycles. The fraction of sp³-hybridized carbons (Fsp3) is 0.500. The maximum atomic E-state index is 14.2. The highest BCUT2D eigenvalue weighted by Crippen LogP contribution is 2.30. The van der Waals surface area contributed by atoms with Crippen molar-refractivity contribution in [3.05, 3.63) is 35.4 Å². The second-order valence-electron chi connectivity index (χ2n) is 7.21. The maximum Gasteiger partial charge on any atom is 0.191 e. The summed E-state index contributed by atoms with van der Waals surface area (Å²) in [4.78, 5) is 16.8. The Labute approximate surface area is 186 Å². The van der Waals surface area contributed by atoms with Gasteiger partial charge >= 0.3 is 0 Å². The van der Waals surface area contributed by atoms with Gasteiger partial charge in [0, 0.05) is 31.8 Å². The molecule has 1 saturated heterocycles. The molecule has 7 nitrogen and oxygen atoms in total. The van der Waals surface area contributed by atoms with Gasteiger partial charge in [-0.2, -0.15) is 0 Å². The predicted molar refractivity (Wildman–Crippen MR) is 121 cm³/mol. The van der Waals surface area contributed by atoms with Gasteiger partial charge in [-0.1, -0.05) is 24.8 Å². The molecule has 1 aliphatic rings. The molecule has 166 valence electrons. The Morgan fingerprint density at radius 2 is 1.94 bits per heavy atom. The van der Waals surface area contributed by atoms with Gasteiger partial charge in [0.15, 0.2) is 33.7 Å². The van der Waals surface area contributed by atoms with Crippen molar-refractivity contribution < 1.29 is 13.9 Å². The zero-order valence-corrected chi connectivity index (χ0v) is 19.0. The van der Waals surface area contributed by atoms with E-state index >= 15 is 0 Å². The monoisotopic (exact) mass is 445 g/mol. The standard InChI is InChI=1S/C22H28FN5O2S/c1-4-18-24-19-20(27-9-11-29-12-10-27)25-22(26-21(19)28(18)5-2)31-14-15-7-8-17(30-6-3)16(23)13-15/h7-8,13H,4-6,9-12,14H2,1-3H3. The third-order valence-electron chi connectivity index (χ3n) is 5.24. The number of hydrogen-bond acceptors (Lipinski definition) is 7. The van der Waals surface area contributed by atoms with Crippen LogP contribution in [0.25, 0.3) is 11.2 Å². The lowest BCUT2D eigenvalue weighted by Crippen LogP contribution is -2.37. The van der Waals surface area contributed by atoms with Crippen LogP contribution >= 0.6 is 11.8 Å². The second kappa shape index (κ2) is 9.82. The number of hydrogen-bond donors (Lipinski definition) is 0. The number of morpholine rings is 1. The van der Waals surface area contributed by atoms with Crippen LogP contribution in [-0.4, -0.2) is 52.4 Å². The zero-order chi connectivity index (χ0) is 21.8. The van der Waals surface area contributed by atoms with Gasteiger partial charge < -0.3 is 18.9 Å². The van der Waals surface area contributed by atoms with E-state index < -0.39 is 0 Å². The lowest BCUT2D eigenvalue weighted by atomic mass is 10.2. The summed E-state index contributed by atoms with van der Waals surface area (Å²) in [7, 11) is 0. The first-order chi connectivity index (χ1) is 15.1. The van der Waals surface area contributed by atoms with Gasteiger partial charge in [0.05, 0.1) is 19.8 Å². The van der Waals surface area contributed by atoms with Gasteiger partial charge in [-0.25, -0.2) is 19.3 Å². The third-order valence-corrected chi connectivity index (χ3v) is 6.16. The topological polar surface area (TPSA) is 65.3 Å². The highest BCUT2D eigenvalue weighted by molar-refractivity contribution is 7.98. The molecule has 1 aromatic carbocycles. The second-order valence-corrected chi connectivity index (χ2v) is 8.16. The van der Waals surface area contributed by atoms with E-state index in [9.17, 15) is 4.39 Å². The molecule has 0 N–H and O–H groups in total. The first-order valence-electron chi connectivity index (χ1n) is 10.8. The van der Waals surface area contributed by atoms with Crippen molar-refractivity contribution in [2.45, 2.75) is 44.6 Å². The van der Waals surface area contributed by atoms with Gasteiger partial charge in [-0.3, -0.25) is 0 Å². The largest absolute Gasteiger partial charge is 0.491 e. The highest BCUT2D eigenvalue weighted by Gasteiger charge is 2.22. The van der Waals surface area contributed by atoms with Crippen LogP contribution in [0.15, 0.2) is 23.4 Å². The molecule has 0 aliphatic carbocycles. The molecule has 1 aliphatic heterocycles. The fourth-order valence-corrected chi connectivity index (χ4v) is 4.51. The number of nitrogens with zero attached hydrogens (tertiary/aromatic N) is 5. The van der Waals surface area contributed by atoms with Crippen molar-refractivity contribution in [3.8, 4) is 5.75 Å². The summed E-state index contributed by atoms with van der Waals surface area (Å²) in [5.41, 5.74) is 2.56. The summed E-state index contributed by atoms with van der Waals surface area (Å²) in [5.74, 6) is 2.37. The van der Waals surface area contributed by atoms with Gasteiger partial charge in [0.2, 0.25) is 0 Å². The number of fused-ring (bicyclic) bond motifs is 1. The lowest BCUT2D eigenvalue weighted by Gasteiger charge is -2.28. The van der Waals surface area contributed by atoms with Crippen LogP contribution < -0.4 is 9.64 Å². The van der Waals surface area contributed by atoms with Crippen molar-refractivity contribution in [1.29, 1.82) is 0 Å². The number of aromatic nitrogens is 4. The van der Waals surface area contributed by atoms with Crippen molar-refractivity contribution in [3.63, 3.8) is 0 Å². The van der Waals surface area contributed by atoms with E-state index in [1.807, 2.05) is 13.0 Å². The molecule has 0 amide bonds. The Morgan fingerprint density at radius 1 is 1.13 bits per heavy atom. The van der Waals surface area contributed by atoms with Gasteiger partial charge in [0.1, 0.15) is 5.82 Å². The van der Waals surface area contributed by atoms with Crippen LogP contribution in [-0.2, 0) is 23.5 Å². The van der Waals surface area contributed by atoms with Crippen molar-refractivity contribution in [2.75, 3.05) is 37.8 Å². The van der Waals surface area contributed by atoms with E-state index in [1.54, 1.807) is 6.07 Å². The predicted octanol–water partition coefficient (Wildman–Crippen LogP) is 4.08. The molecular formula is C22H28FN5O2S. The molecule has 0 atom stereocenters. The summed E-state index contributed by atoms with van der Waals surface area (Å²) >= 11 is 1.50. The molecule has 1 fully saturated rings. The fourth-order valence-electron chi connectivity index (χ4n) is 3.73. The molecule has 4 rings (SSSR count). The Balaban J connectivity index is 1.66.